The molecule has 0 aromatic carbocycles. The van der Waals surface area contributed by atoms with Gasteiger partial charge in [-0.25, -0.2) is 18.7 Å². The molecule has 0 radical (unpaired) electrons. The highest BCUT2D eigenvalue weighted by Gasteiger charge is 2.41. The lowest BCUT2D eigenvalue weighted by Gasteiger charge is -2.26. The summed E-state index contributed by atoms with van der Waals surface area (Å²) in [4.78, 5) is 48.5. The van der Waals surface area contributed by atoms with Gasteiger partial charge in [-0.2, -0.15) is 18.6 Å². The molecule has 21 heteroatoms. The van der Waals surface area contributed by atoms with Crippen LogP contribution in [0.3, 0.4) is 0 Å². The molecule has 1 saturated carbocycles. The number of nitrogens with two attached hydrogens (primary N) is 1. The van der Waals surface area contributed by atoms with Gasteiger partial charge in [0.15, 0.2) is 29.5 Å². The van der Waals surface area contributed by atoms with E-state index in [-0.39, 0.29) is 18.6 Å². The van der Waals surface area contributed by atoms with Crippen LogP contribution in [-0.2, 0) is 36.3 Å². The monoisotopic (exact) mass is 546 g/mol. The highest BCUT2D eigenvalue weighted by atomic mass is 31.3. The van der Waals surface area contributed by atoms with E-state index in [4.69, 9.17) is 25.0 Å². The van der Waals surface area contributed by atoms with Gasteiger partial charge in [-0.05, 0) is 19.3 Å². The number of fused-ring (bicyclic) bond motifs is 1. The van der Waals surface area contributed by atoms with Gasteiger partial charge in [0.25, 0.3) is 0 Å². The van der Waals surface area contributed by atoms with Crippen LogP contribution in [0.1, 0.15) is 25.5 Å². The molecule has 0 spiro atoms. The van der Waals surface area contributed by atoms with Crippen LogP contribution >= 0.6 is 23.5 Å². The van der Waals surface area contributed by atoms with Gasteiger partial charge in [0.05, 0.1) is 12.9 Å². The van der Waals surface area contributed by atoms with Crippen molar-refractivity contribution >= 4 is 46.4 Å². The fourth-order valence-corrected chi connectivity index (χ4v) is 6.13. The molecule has 0 bridgehead atoms. The Morgan fingerprint density at radius 2 is 1.88 bits per heavy atom. The SMILES string of the molecule is Nc1nc(NC2CCC2)c2ncn([C@H]3CO[C@@H](COP(=O)(O)OP(=O)(O)OP(=O)(O)O)O3)c2n1. The molecule has 1 saturated heterocycles. The first-order valence-electron chi connectivity index (χ1n) is 9.62. The van der Waals surface area contributed by atoms with Gasteiger partial charge in [-0.3, -0.25) is 9.09 Å². The van der Waals surface area contributed by atoms with Crippen molar-refractivity contribution in [3.05, 3.63) is 6.33 Å². The number of anilines is 2. The number of aromatic nitrogens is 4. The zero-order valence-corrected chi connectivity index (χ0v) is 19.8. The van der Waals surface area contributed by atoms with Crippen molar-refractivity contribution in [2.75, 3.05) is 24.3 Å². The maximum absolute atomic E-state index is 11.8. The molecule has 1 aliphatic heterocycles. The summed E-state index contributed by atoms with van der Waals surface area (Å²) in [7, 11) is -16.4. The van der Waals surface area contributed by atoms with Crippen molar-refractivity contribution in [2.45, 2.75) is 37.8 Å². The van der Waals surface area contributed by atoms with Crippen LogP contribution in [0.15, 0.2) is 6.33 Å². The Labute approximate surface area is 190 Å². The number of nitrogens with zero attached hydrogens (tertiary/aromatic N) is 4. The van der Waals surface area contributed by atoms with E-state index in [9.17, 15) is 23.5 Å². The molecule has 1 aliphatic carbocycles. The quantitative estimate of drug-likeness (QED) is 0.223. The van der Waals surface area contributed by atoms with Crippen LogP contribution in [0.25, 0.3) is 11.2 Å². The first-order chi connectivity index (χ1) is 15.8. The lowest BCUT2D eigenvalue weighted by atomic mass is 9.93. The Morgan fingerprint density at radius 1 is 1.15 bits per heavy atom. The average molecular weight is 546 g/mol. The normalized spacial score (nSPS) is 25.1. The summed E-state index contributed by atoms with van der Waals surface area (Å²) < 4.78 is 58.1. The number of phosphoric ester groups is 1. The zero-order valence-electron chi connectivity index (χ0n) is 17.1. The molecular formula is C13H21N6O12P3. The van der Waals surface area contributed by atoms with E-state index in [1.807, 2.05) is 0 Å². The van der Waals surface area contributed by atoms with Crippen molar-refractivity contribution in [2.24, 2.45) is 0 Å². The number of imidazole rings is 1. The van der Waals surface area contributed by atoms with Crippen molar-refractivity contribution in [3.8, 4) is 0 Å². The maximum atomic E-state index is 11.8. The van der Waals surface area contributed by atoms with E-state index in [0.717, 1.165) is 19.3 Å². The summed E-state index contributed by atoms with van der Waals surface area (Å²) >= 11 is 0. The molecule has 4 atom stereocenters. The summed E-state index contributed by atoms with van der Waals surface area (Å²) in [6, 6.07) is 0.271. The fraction of sp³-hybridized carbons (Fsp3) is 0.615. The minimum atomic E-state index is -5.62. The minimum absolute atomic E-state index is 0.0131. The lowest BCUT2D eigenvalue weighted by molar-refractivity contribution is -0.0961. The van der Waals surface area contributed by atoms with Gasteiger partial charge in [-0.15, -0.1) is 0 Å². The number of hydrogen-bond acceptors (Lipinski definition) is 13. The highest BCUT2D eigenvalue weighted by Crippen LogP contribution is 2.66. The smallest absolute Gasteiger partial charge is 0.368 e. The molecule has 2 fully saturated rings. The molecule has 18 nitrogen and oxygen atoms in total. The number of phosphoric acid groups is 3. The van der Waals surface area contributed by atoms with Crippen LogP contribution in [0.5, 0.6) is 0 Å². The van der Waals surface area contributed by atoms with Crippen molar-refractivity contribution in [1.29, 1.82) is 0 Å². The summed E-state index contributed by atoms with van der Waals surface area (Å²) in [5.74, 6) is 0.494. The molecule has 7 N–H and O–H groups in total. The molecule has 2 unspecified atom stereocenters. The minimum Gasteiger partial charge on any atom is -0.368 e. The van der Waals surface area contributed by atoms with Crippen molar-refractivity contribution < 1.29 is 55.9 Å². The molecule has 34 heavy (non-hydrogen) atoms. The average Bonchev–Trinajstić information content (AvgIpc) is 3.26. The third kappa shape index (κ3) is 6.37. The molecule has 0 amide bonds. The molecule has 190 valence electrons. The van der Waals surface area contributed by atoms with Gasteiger partial charge in [0.1, 0.15) is 6.61 Å². The number of rotatable bonds is 10. The molecule has 2 aliphatic rings. The Morgan fingerprint density at radius 3 is 2.53 bits per heavy atom. The third-order valence-electron chi connectivity index (χ3n) is 4.72. The summed E-state index contributed by atoms with van der Waals surface area (Å²) in [5.41, 5.74) is 6.65. The standard InChI is InChI=1S/C13H21N6O12P3/c14-13-17-11(16-7-2-1-3-7)10-12(18-13)19(6-15-10)8-4-27-9(29-8)5-28-33(23,24)31-34(25,26)30-32(20,21)22/h6-9H,1-5H2,(H,23,24)(H,25,26)(H2,20,21,22)(H3,14,16,17,18)/t8-,9-/m1/s1. The van der Waals surface area contributed by atoms with Gasteiger partial charge in [0.2, 0.25) is 5.95 Å². The van der Waals surface area contributed by atoms with E-state index < -0.39 is 42.6 Å². The molecule has 3 heterocycles. The van der Waals surface area contributed by atoms with Gasteiger partial charge in [-0.1, -0.05) is 0 Å². The van der Waals surface area contributed by atoms with E-state index in [0.29, 0.717) is 17.0 Å². The maximum Gasteiger partial charge on any atom is 0.490 e. The first-order valence-corrected chi connectivity index (χ1v) is 14.1. The second-order valence-electron chi connectivity index (χ2n) is 7.27. The largest absolute Gasteiger partial charge is 0.490 e. The van der Waals surface area contributed by atoms with Crippen LogP contribution < -0.4 is 11.1 Å². The van der Waals surface area contributed by atoms with E-state index in [1.165, 1.54) is 10.9 Å². The predicted octanol–water partition coefficient (Wildman–Crippen LogP) is 0.588. The van der Waals surface area contributed by atoms with Crippen molar-refractivity contribution in [1.82, 2.24) is 19.5 Å². The Hall–Kier alpha value is -1.52. The number of nitrogen functional groups attached to an aromatic ring is 1. The Kier molecular flexibility index (Phi) is 7.15. The zero-order chi connectivity index (χ0) is 24.7. The molecule has 2 aromatic rings. The van der Waals surface area contributed by atoms with Crippen LogP contribution in [0, 0.1) is 0 Å². The van der Waals surface area contributed by atoms with Crippen LogP contribution in [0.4, 0.5) is 11.8 Å². The van der Waals surface area contributed by atoms with Crippen molar-refractivity contribution in [3.63, 3.8) is 0 Å². The first kappa shape index (κ1) is 25.6. The number of nitrogens with one attached hydrogen (secondary N) is 1. The summed E-state index contributed by atoms with van der Waals surface area (Å²) in [6.45, 7) is -0.802. The summed E-state index contributed by atoms with van der Waals surface area (Å²) in [6.07, 6.45) is 2.55. The van der Waals surface area contributed by atoms with E-state index in [2.05, 4.69) is 33.4 Å². The molecule has 2 aromatic heterocycles. The van der Waals surface area contributed by atoms with Crippen LogP contribution in [-0.4, -0.2) is 64.6 Å². The van der Waals surface area contributed by atoms with Gasteiger partial charge < -0.3 is 40.1 Å². The second-order valence-corrected chi connectivity index (χ2v) is 11.7. The van der Waals surface area contributed by atoms with E-state index in [1.54, 1.807) is 0 Å². The Balaban J connectivity index is 1.38. The third-order valence-corrected chi connectivity index (χ3v) is 8.52. The van der Waals surface area contributed by atoms with E-state index >= 15 is 0 Å². The van der Waals surface area contributed by atoms with Gasteiger partial charge >= 0.3 is 23.5 Å². The highest BCUT2D eigenvalue weighted by molar-refractivity contribution is 7.66. The molecule has 4 rings (SSSR count). The van der Waals surface area contributed by atoms with Gasteiger partial charge in [0, 0.05) is 6.04 Å². The number of ether oxygens (including phenoxy) is 2. The second kappa shape index (κ2) is 9.50. The van der Waals surface area contributed by atoms with Crippen LogP contribution in [0.2, 0.25) is 0 Å². The number of hydrogen-bond donors (Lipinski definition) is 6. The summed E-state index contributed by atoms with van der Waals surface area (Å²) in [5, 5.41) is 3.27. The fourth-order valence-electron chi connectivity index (χ4n) is 3.13. The molecular weight excluding hydrogens is 525 g/mol. The predicted molar refractivity (Wildman–Crippen MR) is 111 cm³/mol. The Bertz CT molecular complexity index is 1200. The topological polar surface area (TPSA) is 260 Å². The lowest BCUT2D eigenvalue weighted by Crippen LogP contribution is -2.27.